The molecule has 0 bridgehead atoms. The minimum Gasteiger partial charge on any atom is -0.144 e. The highest BCUT2D eigenvalue weighted by Gasteiger charge is 2.02. The van der Waals surface area contributed by atoms with Crippen LogP contribution in [0, 0.1) is 0 Å². The van der Waals surface area contributed by atoms with Crippen LogP contribution in [0.15, 0.2) is 41.8 Å². The Labute approximate surface area is 95.8 Å². The van der Waals surface area contributed by atoms with Crippen LogP contribution in [0.5, 0.6) is 0 Å². The lowest BCUT2D eigenvalue weighted by Gasteiger charge is -2.03. The molecule has 0 aliphatic carbocycles. The maximum atomic E-state index is 2.41. The van der Waals surface area contributed by atoms with Gasteiger partial charge in [0.15, 0.2) is 0 Å². The van der Waals surface area contributed by atoms with E-state index in [1.54, 1.807) is 11.3 Å². The van der Waals surface area contributed by atoms with Gasteiger partial charge in [0.25, 0.3) is 0 Å². The van der Waals surface area contributed by atoms with E-state index >= 15 is 0 Å². The second-order valence-electron chi connectivity index (χ2n) is 2.77. The van der Waals surface area contributed by atoms with Crippen LogP contribution in [0.3, 0.4) is 0 Å². The summed E-state index contributed by atoms with van der Waals surface area (Å²) < 4.78 is 1.08. The second kappa shape index (κ2) is 4.24. The lowest BCUT2D eigenvalue weighted by molar-refractivity contribution is 1.46. The lowest BCUT2D eigenvalue weighted by Crippen LogP contribution is -1.81. The largest absolute Gasteiger partial charge is 0.144 e. The Morgan fingerprint density at radius 2 is 1.92 bits per heavy atom. The van der Waals surface area contributed by atoms with Gasteiger partial charge in [-0.15, -0.1) is 11.3 Å². The number of hydrogen-bond donors (Lipinski definition) is 0. The van der Waals surface area contributed by atoms with E-state index in [4.69, 9.17) is 0 Å². The van der Waals surface area contributed by atoms with Crippen molar-refractivity contribution in [3.8, 4) is 10.4 Å². The summed E-state index contributed by atoms with van der Waals surface area (Å²) in [5.41, 5.74) is 2.80. The van der Waals surface area contributed by atoms with Gasteiger partial charge in [-0.2, -0.15) is 0 Å². The highest BCUT2D eigenvalue weighted by Crippen LogP contribution is 2.28. The zero-order valence-electron chi connectivity index (χ0n) is 7.03. The predicted molar refractivity (Wildman–Crippen MR) is 67.5 cm³/mol. The SMILES string of the molecule is ICc1ccccc1-c1cccs1. The van der Waals surface area contributed by atoms with Gasteiger partial charge in [-0.3, -0.25) is 0 Å². The molecule has 2 heteroatoms. The highest BCUT2D eigenvalue weighted by molar-refractivity contribution is 14.1. The molecule has 13 heavy (non-hydrogen) atoms. The number of alkyl halides is 1. The van der Waals surface area contributed by atoms with Crippen molar-refractivity contribution in [2.24, 2.45) is 0 Å². The summed E-state index contributed by atoms with van der Waals surface area (Å²) in [6, 6.07) is 12.9. The van der Waals surface area contributed by atoms with Crippen LogP contribution < -0.4 is 0 Å². The first-order valence-corrected chi connectivity index (χ1v) is 6.50. The Balaban J connectivity index is 2.51. The number of rotatable bonds is 2. The Morgan fingerprint density at radius 1 is 1.08 bits per heavy atom. The highest BCUT2D eigenvalue weighted by atomic mass is 127. The van der Waals surface area contributed by atoms with Crippen LogP contribution in [-0.2, 0) is 4.43 Å². The Kier molecular flexibility index (Phi) is 3.01. The third-order valence-corrected chi connectivity index (χ3v) is 3.67. The summed E-state index contributed by atoms with van der Waals surface area (Å²) in [6.45, 7) is 0. The molecule has 1 aromatic carbocycles. The molecular weight excluding hydrogens is 291 g/mol. The average Bonchev–Trinajstić information content (AvgIpc) is 2.70. The standard InChI is InChI=1S/C11H9IS/c12-8-9-4-1-2-5-10(9)11-6-3-7-13-11/h1-7H,8H2. The zero-order valence-corrected chi connectivity index (χ0v) is 10.0. The van der Waals surface area contributed by atoms with Crippen LogP contribution in [0.1, 0.15) is 5.56 Å². The normalized spacial score (nSPS) is 10.2. The number of hydrogen-bond acceptors (Lipinski definition) is 1. The summed E-state index contributed by atoms with van der Waals surface area (Å²) in [7, 11) is 0. The van der Waals surface area contributed by atoms with Gasteiger partial charge < -0.3 is 0 Å². The molecule has 0 amide bonds. The smallest absolute Gasteiger partial charge is 0.0345 e. The fourth-order valence-corrected chi connectivity index (χ4v) is 2.76. The zero-order chi connectivity index (χ0) is 9.10. The van der Waals surface area contributed by atoms with Crippen molar-refractivity contribution < 1.29 is 0 Å². The van der Waals surface area contributed by atoms with E-state index in [2.05, 4.69) is 64.4 Å². The third kappa shape index (κ3) is 1.94. The van der Waals surface area contributed by atoms with Gasteiger partial charge in [0.2, 0.25) is 0 Å². The van der Waals surface area contributed by atoms with Crippen molar-refractivity contribution >= 4 is 33.9 Å². The van der Waals surface area contributed by atoms with Crippen LogP contribution in [0.4, 0.5) is 0 Å². The van der Waals surface area contributed by atoms with Gasteiger partial charge in [0, 0.05) is 9.30 Å². The van der Waals surface area contributed by atoms with Crippen LogP contribution in [-0.4, -0.2) is 0 Å². The van der Waals surface area contributed by atoms with Gasteiger partial charge in [-0.05, 0) is 22.6 Å². The monoisotopic (exact) mass is 300 g/mol. The molecule has 1 heterocycles. The van der Waals surface area contributed by atoms with Gasteiger partial charge in [-0.1, -0.05) is 52.9 Å². The van der Waals surface area contributed by atoms with Crippen molar-refractivity contribution in [1.29, 1.82) is 0 Å². The molecule has 1 aromatic heterocycles. The molecule has 0 spiro atoms. The maximum absolute atomic E-state index is 2.41. The van der Waals surface area contributed by atoms with Gasteiger partial charge in [-0.25, -0.2) is 0 Å². The molecule has 0 nitrogen and oxygen atoms in total. The molecule has 0 saturated heterocycles. The maximum Gasteiger partial charge on any atom is 0.0345 e. The lowest BCUT2D eigenvalue weighted by atomic mass is 10.1. The predicted octanol–water partition coefficient (Wildman–Crippen LogP) is 4.35. The molecule has 0 saturated carbocycles. The van der Waals surface area contributed by atoms with E-state index < -0.39 is 0 Å². The van der Waals surface area contributed by atoms with E-state index in [-0.39, 0.29) is 0 Å². The summed E-state index contributed by atoms with van der Waals surface area (Å²) >= 11 is 4.21. The Bertz CT molecular complexity index is 379. The van der Waals surface area contributed by atoms with Crippen molar-refractivity contribution in [3.05, 3.63) is 47.3 Å². The van der Waals surface area contributed by atoms with E-state index in [9.17, 15) is 0 Å². The molecule has 0 atom stereocenters. The summed E-state index contributed by atoms with van der Waals surface area (Å²) in [6.07, 6.45) is 0. The van der Waals surface area contributed by atoms with Crippen molar-refractivity contribution in [2.75, 3.05) is 0 Å². The average molecular weight is 300 g/mol. The number of halogens is 1. The number of thiophene rings is 1. The Morgan fingerprint density at radius 3 is 2.62 bits per heavy atom. The van der Waals surface area contributed by atoms with E-state index in [1.165, 1.54) is 16.0 Å². The molecule has 0 aliphatic heterocycles. The minimum atomic E-state index is 1.08. The van der Waals surface area contributed by atoms with E-state index in [0.29, 0.717) is 0 Å². The van der Waals surface area contributed by atoms with Crippen LogP contribution in [0.25, 0.3) is 10.4 Å². The van der Waals surface area contributed by atoms with Gasteiger partial charge in [0.05, 0.1) is 0 Å². The summed E-state index contributed by atoms with van der Waals surface area (Å²) in [5.74, 6) is 0. The molecular formula is C11H9IS. The molecule has 0 unspecified atom stereocenters. The molecule has 2 rings (SSSR count). The quantitative estimate of drug-likeness (QED) is 0.571. The first kappa shape index (κ1) is 9.21. The molecule has 0 N–H and O–H groups in total. The van der Waals surface area contributed by atoms with Crippen LogP contribution >= 0.6 is 33.9 Å². The van der Waals surface area contributed by atoms with E-state index in [1.807, 2.05) is 0 Å². The van der Waals surface area contributed by atoms with Gasteiger partial charge in [0.1, 0.15) is 0 Å². The molecule has 0 aliphatic rings. The number of benzene rings is 1. The topological polar surface area (TPSA) is 0 Å². The molecule has 66 valence electrons. The van der Waals surface area contributed by atoms with Gasteiger partial charge >= 0.3 is 0 Å². The fourth-order valence-electron chi connectivity index (χ4n) is 1.31. The Hall–Kier alpha value is -0.350. The molecule has 0 fully saturated rings. The van der Waals surface area contributed by atoms with Crippen LogP contribution in [0.2, 0.25) is 0 Å². The summed E-state index contributed by atoms with van der Waals surface area (Å²) in [4.78, 5) is 1.37. The second-order valence-corrected chi connectivity index (χ2v) is 4.48. The first-order valence-electron chi connectivity index (χ1n) is 4.09. The van der Waals surface area contributed by atoms with Crippen molar-refractivity contribution in [1.82, 2.24) is 0 Å². The first-order chi connectivity index (χ1) is 6.42. The van der Waals surface area contributed by atoms with Crippen molar-refractivity contribution in [2.45, 2.75) is 4.43 Å². The van der Waals surface area contributed by atoms with E-state index in [0.717, 1.165) is 4.43 Å². The molecule has 0 radical (unpaired) electrons. The minimum absolute atomic E-state index is 1.08. The van der Waals surface area contributed by atoms with Crippen molar-refractivity contribution in [3.63, 3.8) is 0 Å². The summed E-state index contributed by atoms with van der Waals surface area (Å²) in [5, 5.41) is 2.12. The fraction of sp³-hybridized carbons (Fsp3) is 0.0909. The molecule has 2 aromatic rings. The third-order valence-electron chi connectivity index (χ3n) is 1.95.